The van der Waals surface area contributed by atoms with E-state index in [1.54, 1.807) is 11.0 Å². The molecule has 3 aromatic rings. The number of hydrogen-bond donors (Lipinski definition) is 0. The molecule has 1 aromatic heterocycles. The van der Waals surface area contributed by atoms with Crippen molar-refractivity contribution < 1.29 is 22.3 Å². The molecule has 0 unspecified atom stereocenters. The number of alkyl halides is 2. The van der Waals surface area contributed by atoms with E-state index >= 15 is 0 Å². The van der Waals surface area contributed by atoms with Crippen molar-refractivity contribution in [3.63, 3.8) is 0 Å². The van der Waals surface area contributed by atoms with Crippen LogP contribution in [0, 0.1) is 17.6 Å². The van der Waals surface area contributed by atoms with E-state index in [0.717, 1.165) is 23.1 Å². The summed E-state index contributed by atoms with van der Waals surface area (Å²) in [6, 6.07) is 7.74. The Morgan fingerprint density at radius 3 is 2.45 bits per heavy atom. The fraction of sp³-hybridized carbons (Fsp3) is 0.481. The summed E-state index contributed by atoms with van der Waals surface area (Å²) in [5, 5.41) is 9.50. The number of hydrogen-bond acceptors (Lipinski definition) is 5. The van der Waals surface area contributed by atoms with Gasteiger partial charge in [0.2, 0.25) is 0 Å². The molecule has 202 valence electrons. The van der Waals surface area contributed by atoms with Gasteiger partial charge in [0, 0.05) is 48.6 Å². The number of aromatic nitrogens is 3. The lowest BCUT2D eigenvalue weighted by Gasteiger charge is -2.33. The van der Waals surface area contributed by atoms with E-state index in [9.17, 15) is 17.6 Å². The first-order chi connectivity index (χ1) is 18.2. The minimum atomic E-state index is -2.75. The monoisotopic (exact) mass is 549 g/mol. The molecule has 1 saturated carbocycles. The number of methoxy groups -OCH3 is 1. The molecule has 38 heavy (non-hydrogen) atoms. The van der Waals surface area contributed by atoms with Crippen LogP contribution in [0.5, 0.6) is 5.75 Å². The van der Waals surface area contributed by atoms with Crippen LogP contribution >= 0.6 is 11.6 Å². The molecule has 6 rings (SSSR count). The molecule has 0 amide bonds. The minimum Gasteiger partial charge on any atom is -0.494 e. The summed E-state index contributed by atoms with van der Waals surface area (Å²) >= 11 is 6.30. The first-order valence-corrected chi connectivity index (χ1v) is 13.2. The average molecular weight is 550 g/mol. The number of piperidine rings is 1. The maximum absolute atomic E-state index is 14.8. The van der Waals surface area contributed by atoms with E-state index in [-0.39, 0.29) is 24.8 Å². The number of halogens is 5. The van der Waals surface area contributed by atoms with Crippen LogP contribution in [-0.2, 0) is 13.1 Å². The Hall–Kier alpha value is -2.85. The highest BCUT2D eigenvalue weighted by Gasteiger charge is 2.48. The molecule has 0 bridgehead atoms. The van der Waals surface area contributed by atoms with Crippen LogP contribution in [-0.4, -0.2) is 52.3 Å². The third kappa shape index (κ3) is 4.73. The van der Waals surface area contributed by atoms with Crippen LogP contribution in [0.3, 0.4) is 0 Å². The minimum absolute atomic E-state index is 0.00150. The second kappa shape index (κ2) is 9.72. The van der Waals surface area contributed by atoms with Crippen LogP contribution < -0.4 is 9.64 Å². The van der Waals surface area contributed by atoms with E-state index in [1.807, 2.05) is 21.6 Å². The molecule has 2 fully saturated rings. The van der Waals surface area contributed by atoms with Crippen LogP contribution in [0.4, 0.5) is 23.2 Å². The van der Waals surface area contributed by atoms with Crippen LogP contribution in [0.2, 0.25) is 5.02 Å². The lowest BCUT2D eigenvalue weighted by Crippen LogP contribution is -2.37. The van der Waals surface area contributed by atoms with Gasteiger partial charge in [0.15, 0.2) is 17.4 Å². The van der Waals surface area contributed by atoms with Crippen molar-refractivity contribution >= 4 is 17.3 Å². The normalized spacial score (nSPS) is 18.7. The highest BCUT2D eigenvalue weighted by Crippen LogP contribution is 2.44. The Bertz CT molecular complexity index is 1350. The lowest BCUT2D eigenvalue weighted by molar-refractivity contribution is -0.0558. The van der Waals surface area contributed by atoms with Gasteiger partial charge >= 0.3 is 0 Å². The van der Waals surface area contributed by atoms with Crippen LogP contribution in [0.25, 0.3) is 5.69 Å². The summed E-state index contributed by atoms with van der Waals surface area (Å²) in [7, 11) is 1.35. The third-order valence-corrected chi connectivity index (χ3v) is 8.06. The predicted molar refractivity (Wildman–Crippen MR) is 135 cm³/mol. The summed E-state index contributed by atoms with van der Waals surface area (Å²) in [5.74, 6) is -3.26. The highest BCUT2D eigenvalue weighted by molar-refractivity contribution is 6.30. The van der Waals surface area contributed by atoms with Crippen molar-refractivity contribution in [2.75, 3.05) is 31.6 Å². The van der Waals surface area contributed by atoms with Crippen molar-refractivity contribution in [3.8, 4) is 11.4 Å². The number of fused-ring (bicyclic) bond motifs is 3. The molecular weight excluding hydrogens is 522 g/mol. The zero-order valence-electron chi connectivity index (χ0n) is 20.9. The SMILES string of the molecule is COc1cc(N2CCC(c3nnc4n3-c3ccc(Cl)cc3CN(CC(F)(F)C3CC3)C4)CC2)c(F)cc1F. The summed E-state index contributed by atoms with van der Waals surface area (Å²) in [6.45, 7) is 1.32. The largest absolute Gasteiger partial charge is 0.494 e. The second-order valence-corrected chi connectivity index (χ2v) is 10.9. The van der Waals surface area contributed by atoms with E-state index < -0.39 is 23.5 Å². The Balaban J connectivity index is 1.27. The molecule has 0 radical (unpaired) electrons. The van der Waals surface area contributed by atoms with Gasteiger partial charge in [-0.3, -0.25) is 9.47 Å². The van der Waals surface area contributed by atoms with Gasteiger partial charge in [-0.05, 0) is 49.4 Å². The molecule has 2 aromatic carbocycles. The summed E-state index contributed by atoms with van der Waals surface area (Å²) < 4.78 is 65.0. The van der Waals surface area contributed by atoms with Crippen molar-refractivity contribution in [1.29, 1.82) is 0 Å². The molecule has 1 saturated heterocycles. The first kappa shape index (κ1) is 25.4. The van der Waals surface area contributed by atoms with Crippen molar-refractivity contribution in [3.05, 3.63) is 64.2 Å². The number of ether oxygens (including phenoxy) is 1. The smallest absolute Gasteiger partial charge is 0.263 e. The predicted octanol–water partition coefficient (Wildman–Crippen LogP) is 5.95. The quantitative estimate of drug-likeness (QED) is 0.356. The van der Waals surface area contributed by atoms with E-state index in [2.05, 4.69) is 10.2 Å². The fourth-order valence-electron chi connectivity index (χ4n) is 5.70. The van der Waals surface area contributed by atoms with Crippen molar-refractivity contribution in [1.82, 2.24) is 19.7 Å². The maximum Gasteiger partial charge on any atom is 0.263 e. The Kier molecular flexibility index (Phi) is 6.50. The first-order valence-electron chi connectivity index (χ1n) is 12.8. The number of anilines is 1. The third-order valence-electron chi connectivity index (χ3n) is 7.83. The Morgan fingerprint density at radius 1 is 0.974 bits per heavy atom. The molecule has 0 atom stereocenters. The zero-order chi connectivity index (χ0) is 26.6. The molecular formula is C27H28ClF4N5O. The molecule has 0 N–H and O–H groups in total. The van der Waals surface area contributed by atoms with Crippen molar-refractivity contribution in [2.24, 2.45) is 5.92 Å². The van der Waals surface area contributed by atoms with Gasteiger partial charge in [-0.15, -0.1) is 10.2 Å². The molecule has 0 spiro atoms. The summed E-state index contributed by atoms with van der Waals surface area (Å²) in [5.41, 5.74) is 1.99. The Morgan fingerprint density at radius 2 is 1.74 bits per heavy atom. The van der Waals surface area contributed by atoms with Gasteiger partial charge in [-0.25, -0.2) is 17.6 Å². The van der Waals surface area contributed by atoms with E-state index in [0.29, 0.717) is 61.9 Å². The molecule has 3 heterocycles. The highest BCUT2D eigenvalue weighted by atomic mass is 35.5. The number of nitrogens with zero attached hydrogens (tertiary/aromatic N) is 5. The second-order valence-electron chi connectivity index (χ2n) is 10.5. The summed E-state index contributed by atoms with van der Waals surface area (Å²) in [6.07, 6.45) is 2.47. The molecule has 1 aliphatic carbocycles. The van der Waals surface area contributed by atoms with Crippen LogP contribution in [0.15, 0.2) is 30.3 Å². The zero-order valence-corrected chi connectivity index (χ0v) is 21.7. The van der Waals surface area contributed by atoms with Gasteiger partial charge in [0.1, 0.15) is 11.6 Å². The fourth-order valence-corrected chi connectivity index (χ4v) is 5.89. The number of benzene rings is 2. The molecule has 11 heteroatoms. The standard InChI is InChI=1S/C27H28ClF4N5O/c1-38-24-12-23(20(29)11-21(24)30)36-8-6-16(7-9-36)26-34-33-25-14-35(15-27(31,32)18-2-3-18)13-17-10-19(28)4-5-22(17)37(25)26/h4-5,10-12,16,18H,2-3,6-9,13-15H2,1H3. The van der Waals surface area contributed by atoms with E-state index in [1.165, 1.54) is 13.2 Å². The Labute approximate surface area is 223 Å². The molecule has 6 nitrogen and oxygen atoms in total. The van der Waals surface area contributed by atoms with Crippen molar-refractivity contribution in [2.45, 2.75) is 50.6 Å². The molecule has 3 aliphatic rings. The van der Waals surface area contributed by atoms with Crippen LogP contribution in [0.1, 0.15) is 48.8 Å². The lowest BCUT2D eigenvalue weighted by atomic mass is 9.95. The van der Waals surface area contributed by atoms with Gasteiger partial charge in [0.05, 0.1) is 31.6 Å². The van der Waals surface area contributed by atoms with Gasteiger partial charge < -0.3 is 9.64 Å². The van der Waals surface area contributed by atoms with E-state index in [4.69, 9.17) is 16.3 Å². The average Bonchev–Trinajstić information content (AvgIpc) is 3.68. The molecule has 2 aliphatic heterocycles. The van der Waals surface area contributed by atoms with Gasteiger partial charge in [-0.2, -0.15) is 0 Å². The van der Waals surface area contributed by atoms with Gasteiger partial charge in [-0.1, -0.05) is 11.6 Å². The van der Waals surface area contributed by atoms with Gasteiger partial charge in [0.25, 0.3) is 5.92 Å². The maximum atomic E-state index is 14.8. The topological polar surface area (TPSA) is 46.4 Å². The summed E-state index contributed by atoms with van der Waals surface area (Å²) in [4.78, 5) is 3.61. The number of rotatable bonds is 6.